The molecule has 0 aliphatic rings. The highest BCUT2D eigenvalue weighted by atomic mass is 32.2. The van der Waals surface area contributed by atoms with Crippen molar-refractivity contribution in [3.63, 3.8) is 0 Å². The normalized spacial score (nSPS) is 11.1. The minimum absolute atomic E-state index is 0.168. The third-order valence-corrected chi connectivity index (χ3v) is 4.56. The van der Waals surface area contributed by atoms with Gasteiger partial charge >= 0.3 is 0 Å². The maximum Gasteiger partial charge on any atom is 0.261 e. The number of rotatable bonds is 4. The first-order valence-corrected chi connectivity index (χ1v) is 8.18. The summed E-state index contributed by atoms with van der Waals surface area (Å²) in [6, 6.07) is 11.7. The molecule has 0 amide bonds. The van der Waals surface area contributed by atoms with Crippen molar-refractivity contribution in [3.05, 3.63) is 59.2 Å². The van der Waals surface area contributed by atoms with E-state index in [0.717, 1.165) is 11.1 Å². The molecule has 21 heavy (non-hydrogen) atoms. The second-order valence-corrected chi connectivity index (χ2v) is 6.99. The molecule has 0 aliphatic heterocycles. The van der Waals surface area contributed by atoms with E-state index < -0.39 is 10.0 Å². The number of anilines is 1. The van der Waals surface area contributed by atoms with E-state index in [2.05, 4.69) is 4.72 Å². The summed E-state index contributed by atoms with van der Waals surface area (Å²) in [5, 5.41) is 0. The molecular weight excluding hydrogens is 304 g/mol. The largest absolute Gasteiger partial charge is 0.389 e. The Balaban J connectivity index is 2.31. The van der Waals surface area contributed by atoms with Gasteiger partial charge in [-0.05, 0) is 49.2 Å². The summed E-state index contributed by atoms with van der Waals surface area (Å²) in [4.78, 5) is 0.405. The fourth-order valence-corrected chi connectivity index (χ4v) is 3.22. The van der Waals surface area contributed by atoms with Gasteiger partial charge in [0.25, 0.3) is 10.0 Å². The van der Waals surface area contributed by atoms with Gasteiger partial charge in [0, 0.05) is 11.3 Å². The van der Waals surface area contributed by atoms with E-state index in [9.17, 15) is 8.42 Å². The fourth-order valence-electron chi connectivity index (χ4n) is 2.05. The molecule has 4 nitrogen and oxygen atoms in total. The molecule has 0 unspecified atom stereocenters. The molecule has 2 aromatic carbocycles. The maximum absolute atomic E-state index is 12.3. The van der Waals surface area contributed by atoms with Crippen LogP contribution in [0.25, 0.3) is 0 Å². The van der Waals surface area contributed by atoms with E-state index in [4.69, 9.17) is 18.0 Å². The SMILES string of the molecule is Cc1cc(C)cc(NS(=O)(=O)c2ccc(C(N)=S)cc2)c1. The van der Waals surface area contributed by atoms with E-state index in [-0.39, 0.29) is 9.88 Å². The molecule has 0 aliphatic carbocycles. The van der Waals surface area contributed by atoms with Crippen LogP contribution in [0.2, 0.25) is 0 Å². The van der Waals surface area contributed by atoms with Crippen LogP contribution in [0.15, 0.2) is 47.4 Å². The first-order valence-electron chi connectivity index (χ1n) is 6.29. The highest BCUT2D eigenvalue weighted by Crippen LogP contribution is 2.19. The highest BCUT2D eigenvalue weighted by Gasteiger charge is 2.14. The van der Waals surface area contributed by atoms with Crippen LogP contribution >= 0.6 is 12.2 Å². The van der Waals surface area contributed by atoms with Crippen LogP contribution in [0.1, 0.15) is 16.7 Å². The van der Waals surface area contributed by atoms with Gasteiger partial charge in [0.2, 0.25) is 0 Å². The van der Waals surface area contributed by atoms with Gasteiger partial charge in [0.15, 0.2) is 0 Å². The zero-order chi connectivity index (χ0) is 15.6. The smallest absolute Gasteiger partial charge is 0.261 e. The third-order valence-electron chi connectivity index (χ3n) is 2.92. The van der Waals surface area contributed by atoms with Crippen LogP contribution in [0.3, 0.4) is 0 Å². The van der Waals surface area contributed by atoms with Crippen molar-refractivity contribution in [2.24, 2.45) is 5.73 Å². The molecule has 0 radical (unpaired) electrons. The number of nitrogens with two attached hydrogens (primary N) is 1. The Morgan fingerprint density at radius 1 is 1.05 bits per heavy atom. The van der Waals surface area contributed by atoms with Crippen molar-refractivity contribution in [1.29, 1.82) is 0 Å². The summed E-state index contributed by atoms with van der Waals surface area (Å²) in [6.45, 7) is 3.84. The lowest BCUT2D eigenvalue weighted by molar-refractivity contribution is 0.601. The molecule has 2 aromatic rings. The molecule has 0 spiro atoms. The lowest BCUT2D eigenvalue weighted by atomic mass is 10.1. The van der Waals surface area contributed by atoms with Gasteiger partial charge in [-0.3, -0.25) is 4.72 Å². The second-order valence-electron chi connectivity index (χ2n) is 4.87. The summed E-state index contributed by atoms with van der Waals surface area (Å²) in [6.07, 6.45) is 0. The third kappa shape index (κ3) is 3.80. The van der Waals surface area contributed by atoms with Crippen LogP contribution < -0.4 is 10.5 Å². The van der Waals surface area contributed by atoms with E-state index in [1.807, 2.05) is 19.9 Å². The number of hydrogen-bond donors (Lipinski definition) is 2. The predicted molar refractivity (Wildman–Crippen MR) is 89.1 cm³/mol. The first-order chi connectivity index (χ1) is 9.78. The molecule has 0 bridgehead atoms. The molecule has 0 aromatic heterocycles. The van der Waals surface area contributed by atoms with E-state index in [0.29, 0.717) is 11.3 Å². The summed E-state index contributed by atoms with van der Waals surface area (Å²) in [5.41, 5.74) is 8.67. The van der Waals surface area contributed by atoms with E-state index in [1.165, 1.54) is 12.1 Å². The minimum atomic E-state index is -3.62. The summed E-state index contributed by atoms with van der Waals surface area (Å²) >= 11 is 4.85. The van der Waals surface area contributed by atoms with E-state index >= 15 is 0 Å². The number of sulfonamides is 1. The van der Waals surface area contributed by atoms with Gasteiger partial charge in [0.05, 0.1) is 4.90 Å². The number of nitrogens with one attached hydrogen (secondary N) is 1. The van der Waals surface area contributed by atoms with Gasteiger partial charge in [-0.1, -0.05) is 30.4 Å². The Kier molecular flexibility index (Phi) is 4.29. The van der Waals surface area contributed by atoms with E-state index in [1.54, 1.807) is 24.3 Å². The van der Waals surface area contributed by atoms with Crippen molar-refractivity contribution >= 4 is 32.9 Å². The van der Waals surface area contributed by atoms with Crippen molar-refractivity contribution in [1.82, 2.24) is 0 Å². The fraction of sp³-hybridized carbons (Fsp3) is 0.133. The highest BCUT2D eigenvalue weighted by molar-refractivity contribution is 7.92. The molecule has 0 saturated carbocycles. The Morgan fingerprint density at radius 3 is 2.05 bits per heavy atom. The van der Waals surface area contributed by atoms with Crippen LogP contribution in [-0.2, 0) is 10.0 Å². The second kappa shape index (κ2) is 5.83. The maximum atomic E-state index is 12.3. The molecule has 0 atom stereocenters. The lowest BCUT2D eigenvalue weighted by Crippen LogP contribution is -2.14. The van der Waals surface area contributed by atoms with Crippen molar-refractivity contribution in [2.45, 2.75) is 18.7 Å². The molecule has 2 rings (SSSR count). The number of aryl methyl sites for hydroxylation is 2. The molecule has 6 heteroatoms. The zero-order valence-corrected chi connectivity index (χ0v) is 13.4. The monoisotopic (exact) mass is 320 g/mol. The van der Waals surface area contributed by atoms with Gasteiger partial charge in [-0.25, -0.2) is 8.42 Å². The lowest BCUT2D eigenvalue weighted by Gasteiger charge is -2.10. The quantitative estimate of drug-likeness (QED) is 0.850. The average Bonchev–Trinajstić information content (AvgIpc) is 2.37. The Bertz CT molecular complexity index is 762. The number of benzene rings is 2. The van der Waals surface area contributed by atoms with Gasteiger partial charge < -0.3 is 5.73 Å². The molecule has 110 valence electrons. The summed E-state index contributed by atoms with van der Waals surface area (Å²) in [5.74, 6) is 0. The van der Waals surface area contributed by atoms with Crippen LogP contribution in [-0.4, -0.2) is 13.4 Å². The topological polar surface area (TPSA) is 72.2 Å². The average molecular weight is 320 g/mol. The van der Waals surface area contributed by atoms with Crippen LogP contribution in [0.4, 0.5) is 5.69 Å². The molecule has 0 heterocycles. The molecule has 0 saturated heterocycles. The Labute approximate surface area is 130 Å². The Morgan fingerprint density at radius 2 is 1.57 bits per heavy atom. The van der Waals surface area contributed by atoms with Crippen molar-refractivity contribution in [3.8, 4) is 0 Å². The number of hydrogen-bond acceptors (Lipinski definition) is 3. The molecule has 0 fully saturated rings. The summed E-state index contributed by atoms with van der Waals surface area (Å²) < 4.78 is 27.2. The predicted octanol–water partition coefficient (Wildman–Crippen LogP) is 2.74. The van der Waals surface area contributed by atoms with Crippen molar-refractivity contribution in [2.75, 3.05) is 4.72 Å². The van der Waals surface area contributed by atoms with Crippen LogP contribution in [0, 0.1) is 13.8 Å². The van der Waals surface area contributed by atoms with Gasteiger partial charge in [-0.2, -0.15) is 0 Å². The summed E-state index contributed by atoms with van der Waals surface area (Å²) in [7, 11) is -3.62. The number of thiocarbonyl (C=S) groups is 1. The Hall–Kier alpha value is -1.92. The van der Waals surface area contributed by atoms with Crippen molar-refractivity contribution < 1.29 is 8.42 Å². The molecular formula is C15H16N2O2S2. The molecule has 3 N–H and O–H groups in total. The van der Waals surface area contributed by atoms with Gasteiger partial charge in [-0.15, -0.1) is 0 Å². The van der Waals surface area contributed by atoms with Gasteiger partial charge in [0.1, 0.15) is 4.99 Å². The van der Waals surface area contributed by atoms with Crippen LogP contribution in [0.5, 0.6) is 0 Å². The first kappa shape index (κ1) is 15.5. The minimum Gasteiger partial charge on any atom is -0.389 e. The standard InChI is InChI=1S/C15H16N2O2S2/c1-10-7-11(2)9-13(8-10)17-21(18,19)14-5-3-12(4-6-14)15(16)20/h3-9,17H,1-2H3,(H2,16,20). The zero-order valence-electron chi connectivity index (χ0n) is 11.8.